The summed E-state index contributed by atoms with van der Waals surface area (Å²) in [5.41, 5.74) is 0. The number of nitrogens with one attached hydrogen (secondary N) is 2. The van der Waals surface area contributed by atoms with Crippen molar-refractivity contribution >= 4 is 12.0 Å². The first-order valence-electron chi connectivity index (χ1n) is 5.85. The van der Waals surface area contributed by atoms with Gasteiger partial charge in [-0.15, -0.1) is 0 Å². The van der Waals surface area contributed by atoms with E-state index in [-0.39, 0.29) is 18.5 Å². The highest BCUT2D eigenvalue weighted by Crippen LogP contribution is 2.29. The van der Waals surface area contributed by atoms with Crippen molar-refractivity contribution < 1.29 is 14.7 Å². The minimum Gasteiger partial charge on any atom is -0.481 e. The number of aliphatic carboxylic acids is 1. The number of carbonyl (C=O) groups is 2. The lowest BCUT2D eigenvalue weighted by Gasteiger charge is -2.31. The molecule has 2 amide bonds. The van der Waals surface area contributed by atoms with E-state index in [1.807, 2.05) is 6.92 Å². The van der Waals surface area contributed by atoms with E-state index >= 15 is 0 Å². The van der Waals surface area contributed by atoms with E-state index in [1.165, 1.54) is 19.3 Å². The molecule has 5 heteroatoms. The molecule has 0 spiro atoms. The van der Waals surface area contributed by atoms with Gasteiger partial charge in [0.25, 0.3) is 0 Å². The summed E-state index contributed by atoms with van der Waals surface area (Å²) in [7, 11) is 0. The zero-order chi connectivity index (χ0) is 12.0. The number of carboxylic acid groups (broad SMARTS) is 1. The summed E-state index contributed by atoms with van der Waals surface area (Å²) in [6, 6.07) is 0.0259. The summed E-state index contributed by atoms with van der Waals surface area (Å²) >= 11 is 0. The molecule has 0 aromatic carbocycles. The van der Waals surface area contributed by atoms with Crippen LogP contribution in [0.5, 0.6) is 0 Å². The fraction of sp³-hybridized carbons (Fsp3) is 0.818. The fourth-order valence-electron chi connectivity index (χ4n) is 1.76. The lowest BCUT2D eigenvalue weighted by molar-refractivity contribution is -0.137. The van der Waals surface area contributed by atoms with Crippen LogP contribution in [0.4, 0.5) is 4.79 Å². The molecule has 1 saturated carbocycles. The van der Waals surface area contributed by atoms with Gasteiger partial charge in [-0.2, -0.15) is 0 Å². The summed E-state index contributed by atoms with van der Waals surface area (Å²) in [5.74, 6) is -0.213. The molecule has 0 bridgehead atoms. The van der Waals surface area contributed by atoms with Gasteiger partial charge < -0.3 is 15.7 Å². The van der Waals surface area contributed by atoms with E-state index in [0.717, 1.165) is 0 Å². The minimum absolute atomic E-state index is 0.0957. The van der Waals surface area contributed by atoms with Gasteiger partial charge in [0, 0.05) is 19.0 Å². The van der Waals surface area contributed by atoms with Crippen LogP contribution >= 0.6 is 0 Å². The van der Waals surface area contributed by atoms with Crippen LogP contribution < -0.4 is 10.6 Å². The van der Waals surface area contributed by atoms with Crippen LogP contribution in [0.15, 0.2) is 0 Å². The molecule has 0 saturated heterocycles. The highest BCUT2D eigenvalue weighted by Gasteiger charge is 2.24. The van der Waals surface area contributed by atoms with Gasteiger partial charge >= 0.3 is 12.0 Å². The third-order valence-corrected chi connectivity index (χ3v) is 3.07. The fourth-order valence-corrected chi connectivity index (χ4v) is 1.76. The Morgan fingerprint density at radius 1 is 1.44 bits per heavy atom. The van der Waals surface area contributed by atoms with E-state index in [9.17, 15) is 9.59 Å². The van der Waals surface area contributed by atoms with Crippen molar-refractivity contribution in [1.29, 1.82) is 0 Å². The third-order valence-electron chi connectivity index (χ3n) is 3.07. The Labute approximate surface area is 95.6 Å². The van der Waals surface area contributed by atoms with Crippen LogP contribution in [0.3, 0.4) is 0 Å². The predicted octanol–water partition coefficient (Wildman–Crippen LogP) is 1.34. The van der Waals surface area contributed by atoms with Gasteiger partial charge in [-0.05, 0) is 32.1 Å². The smallest absolute Gasteiger partial charge is 0.315 e. The Bertz CT molecular complexity index is 252. The normalized spacial score (nSPS) is 17.3. The van der Waals surface area contributed by atoms with Crippen molar-refractivity contribution in [2.75, 3.05) is 6.54 Å². The number of hydrogen-bond donors (Lipinski definition) is 3. The van der Waals surface area contributed by atoms with Crippen LogP contribution in [0, 0.1) is 5.92 Å². The maximum Gasteiger partial charge on any atom is 0.315 e. The molecule has 92 valence electrons. The molecule has 1 atom stereocenters. The Hall–Kier alpha value is -1.26. The molecular weight excluding hydrogens is 208 g/mol. The molecule has 1 fully saturated rings. The largest absolute Gasteiger partial charge is 0.481 e. The summed E-state index contributed by atoms with van der Waals surface area (Å²) in [6.07, 6.45) is 4.22. The molecular formula is C11H20N2O3. The SMILES string of the molecule is CC(NC(=O)NCCCC(=O)O)C1CCC1. The summed E-state index contributed by atoms with van der Waals surface area (Å²) in [4.78, 5) is 21.6. The topological polar surface area (TPSA) is 78.4 Å². The highest BCUT2D eigenvalue weighted by molar-refractivity contribution is 5.74. The molecule has 16 heavy (non-hydrogen) atoms. The Balaban J connectivity index is 2.03. The molecule has 0 heterocycles. The quantitative estimate of drug-likeness (QED) is 0.600. The molecule has 0 aliphatic heterocycles. The average molecular weight is 228 g/mol. The first kappa shape index (κ1) is 12.8. The van der Waals surface area contributed by atoms with Crippen molar-refractivity contribution in [3.8, 4) is 0 Å². The highest BCUT2D eigenvalue weighted by atomic mass is 16.4. The second-order valence-corrected chi connectivity index (χ2v) is 4.38. The van der Waals surface area contributed by atoms with E-state index in [0.29, 0.717) is 18.9 Å². The number of carboxylic acids is 1. The van der Waals surface area contributed by atoms with E-state index < -0.39 is 5.97 Å². The first-order valence-corrected chi connectivity index (χ1v) is 5.85. The molecule has 1 rings (SSSR count). The van der Waals surface area contributed by atoms with Gasteiger partial charge in [-0.1, -0.05) is 6.42 Å². The van der Waals surface area contributed by atoms with E-state index in [4.69, 9.17) is 5.11 Å². The van der Waals surface area contributed by atoms with Crippen LogP contribution in [0.25, 0.3) is 0 Å². The van der Waals surface area contributed by atoms with Crippen molar-refractivity contribution in [3.63, 3.8) is 0 Å². The third kappa shape index (κ3) is 4.51. The Morgan fingerprint density at radius 2 is 2.12 bits per heavy atom. The van der Waals surface area contributed by atoms with Gasteiger partial charge in [0.05, 0.1) is 0 Å². The molecule has 1 aliphatic rings. The first-order chi connectivity index (χ1) is 7.59. The summed E-state index contributed by atoms with van der Waals surface area (Å²) in [6.45, 7) is 2.43. The molecule has 0 aromatic rings. The predicted molar refractivity (Wildman–Crippen MR) is 60.2 cm³/mol. The second-order valence-electron chi connectivity index (χ2n) is 4.38. The van der Waals surface area contributed by atoms with Gasteiger partial charge in [0.15, 0.2) is 0 Å². The number of rotatable bonds is 6. The lowest BCUT2D eigenvalue weighted by atomic mass is 9.80. The maximum atomic E-state index is 11.4. The average Bonchev–Trinajstić information content (AvgIpc) is 2.08. The zero-order valence-electron chi connectivity index (χ0n) is 9.66. The summed E-state index contributed by atoms with van der Waals surface area (Å²) < 4.78 is 0. The van der Waals surface area contributed by atoms with Gasteiger partial charge in [-0.3, -0.25) is 4.79 Å². The molecule has 3 N–H and O–H groups in total. The Morgan fingerprint density at radius 3 is 2.62 bits per heavy atom. The Kier molecular flexibility index (Phi) is 5.08. The molecule has 1 unspecified atom stereocenters. The monoisotopic (exact) mass is 228 g/mol. The van der Waals surface area contributed by atoms with Crippen molar-refractivity contribution in [2.24, 2.45) is 5.92 Å². The maximum absolute atomic E-state index is 11.4. The van der Waals surface area contributed by atoms with Crippen molar-refractivity contribution in [1.82, 2.24) is 10.6 Å². The number of amides is 2. The number of urea groups is 1. The number of carbonyl (C=O) groups excluding carboxylic acids is 1. The van der Waals surface area contributed by atoms with Gasteiger partial charge in [0.2, 0.25) is 0 Å². The van der Waals surface area contributed by atoms with E-state index in [2.05, 4.69) is 10.6 Å². The van der Waals surface area contributed by atoms with Crippen LogP contribution in [0.2, 0.25) is 0 Å². The minimum atomic E-state index is -0.829. The summed E-state index contributed by atoms with van der Waals surface area (Å²) in [5, 5.41) is 13.9. The molecule has 5 nitrogen and oxygen atoms in total. The standard InChI is InChI=1S/C11H20N2O3/c1-8(9-4-2-5-9)13-11(16)12-7-3-6-10(14)15/h8-9H,2-7H2,1H3,(H,14,15)(H2,12,13,16). The van der Waals surface area contributed by atoms with Crippen molar-refractivity contribution in [3.05, 3.63) is 0 Å². The molecule has 0 aromatic heterocycles. The second kappa shape index (κ2) is 6.35. The molecule has 1 aliphatic carbocycles. The van der Waals surface area contributed by atoms with Crippen LogP contribution in [-0.2, 0) is 4.79 Å². The van der Waals surface area contributed by atoms with Gasteiger partial charge in [-0.25, -0.2) is 4.79 Å². The number of hydrogen-bond acceptors (Lipinski definition) is 2. The lowest BCUT2D eigenvalue weighted by Crippen LogP contribution is -2.45. The van der Waals surface area contributed by atoms with E-state index in [1.54, 1.807) is 0 Å². The van der Waals surface area contributed by atoms with Crippen molar-refractivity contribution in [2.45, 2.75) is 45.1 Å². The van der Waals surface area contributed by atoms with Gasteiger partial charge in [0.1, 0.15) is 0 Å². The molecule has 0 radical (unpaired) electrons. The van der Waals surface area contributed by atoms with Crippen LogP contribution in [-0.4, -0.2) is 29.7 Å². The van der Waals surface area contributed by atoms with Crippen LogP contribution in [0.1, 0.15) is 39.0 Å². The zero-order valence-corrected chi connectivity index (χ0v) is 9.66.